The molecule has 10 heteroatoms. The zero-order valence-electron chi connectivity index (χ0n) is 15.8. The third-order valence-electron chi connectivity index (χ3n) is 4.11. The smallest absolute Gasteiger partial charge is 0.417 e. The lowest BCUT2D eigenvalue weighted by atomic mass is 10.1. The van der Waals surface area contributed by atoms with Crippen molar-refractivity contribution in [1.29, 1.82) is 0 Å². The molecule has 0 saturated heterocycles. The molecule has 2 heterocycles. The van der Waals surface area contributed by atoms with Crippen molar-refractivity contribution in [1.82, 2.24) is 14.8 Å². The molecule has 0 bridgehead atoms. The molecular weight excluding hydrogens is 403 g/mol. The highest BCUT2D eigenvalue weighted by atomic mass is 19.4. The molecular formula is C20H18F3N3O4. The van der Waals surface area contributed by atoms with Gasteiger partial charge in [-0.25, -0.2) is 4.79 Å². The van der Waals surface area contributed by atoms with Crippen LogP contribution in [0.25, 0.3) is 11.3 Å². The van der Waals surface area contributed by atoms with Crippen molar-refractivity contribution >= 4 is 5.97 Å². The highest BCUT2D eigenvalue weighted by molar-refractivity contribution is 5.75. The molecule has 1 N–H and O–H groups in total. The number of hydrogen-bond donors (Lipinski definition) is 1. The third kappa shape index (κ3) is 5.28. The van der Waals surface area contributed by atoms with Gasteiger partial charge in [0, 0.05) is 24.2 Å². The average Bonchev–Trinajstić information content (AvgIpc) is 3.22. The summed E-state index contributed by atoms with van der Waals surface area (Å²) >= 11 is 0. The molecule has 0 aliphatic heterocycles. The quantitative estimate of drug-likeness (QED) is 0.586. The molecule has 2 aromatic heterocycles. The van der Waals surface area contributed by atoms with E-state index in [1.165, 1.54) is 31.2 Å². The lowest BCUT2D eigenvalue weighted by molar-refractivity contribution is -0.151. The number of benzene rings is 1. The number of carbonyl (C=O) groups is 1. The summed E-state index contributed by atoms with van der Waals surface area (Å²) in [4.78, 5) is 15.8. The second-order valence-corrected chi connectivity index (χ2v) is 6.31. The molecule has 158 valence electrons. The maximum Gasteiger partial charge on any atom is 0.417 e. The Kier molecular flexibility index (Phi) is 6.24. The van der Waals surface area contributed by atoms with Crippen LogP contribution in [-0.4, -0.2) is 38.6 Å². The standard InChI is InChI=1S/C20H18F3N3O4/c1-13(19(28)29-10-9-26-8-2-7-25-26)30-18-6-3-14(11-17(18)27)16-5-4-15(12-24-16)20(21,22)23/h2-8,11-13,27H,9-10H2,1H3. The third-order valence-corrected chi connectivity index (χ3v) is 4.11. The summed E-state index contributed by atoms with van der Waals surface area (Å²) in [6.45, 7) is 1.98. The van der Waals surface area contributed by atoms with Gasteiger partial charge in [-0.3, -0.25) is 9.67 Å². The molecule has 0 aliphatic rings. The Bertz CT molecular complexity index is 990. The maximum atomic E-state index is 12.6. The number of alkyl halides is 3. The van der Waals surface area contributed by atoms with Gasteiger partial charge in [0.1, 0.15) is 6.61 Å². The minimum Gasteiger partial charge on any atom is -0.504 e. The van der Waals surface area contributed by atoms with Crippen LogP contribution >= 0.6 is 0 Å². The Morgan fingerprint density at radius 1 is 1.27 bits per heavy atom. The number of aromatic hydroxyl groups is 1. The topological polar surface area (TPSA) is 86.5 Å². The van der Waals surface area contributed by atoms with Crippen LogP contribution in [-0.2, 0) is 22.3 Å². The normalized spacial score (nSPS) is 12.4. The molecule has 1 atom stereocenters. The first-order valence-corrected chi connectivity index (χ1v) is 8.91. The van der Waals surface area contributed by atoms with E-state index in [0.29, 0.717) is 12.1 Å². The van der Waals surface area contributed by atoms with Gasteiger partial charge in [0.25, 0.3) is 0 Å². The minimum atomic E-state index is -4.48. The highest BCUT2D eigenvalue weighted by Crippen LogP contribution is 2.33. The number of rotatable bonds is 7. The number of phenols is 1. The van der Waals surface area contributed by atoms with Crippen molar-refractivity contribution in [2.45, 2.75) is 25.7 Å². The van der Waals surface area contributed by atoms with E-state index in [2.05, 4.69) is 10.1 Å². The number of carbonyl (C=O) groups excluding carboxylic acids is 1. The summed E-state index contributed by atoms with van der Waals surface area (Å²) in [6, 6.07) is 8.07. The van der Waals surface area contributed by atoms with E-state index >= 15 is 0 Å². The predicted molar refractivity (Wildman–Crippen MR) is 99.6 cm³/mol. The van der Waals surface area contributed by atoms with Gasteiger partial charge in [-0.2, -0.15) is 18.3 Å². The second kappa shape index (κ2) is 8.85. The van der Waals surface area contributed by atoms with Crippen LogP contribution < -0.4 is 4.74 Å². The first kappa shape index (κ1) is 21.2. The van der Waals surface area contributed by atoms with E-state index in [0.717, 1.165) is 12.3 Å². The summed E-state index contributed by atoms with van der Waals surface area (Å²) in [5.41, 5.74) is -0.228. The van der Waals surface area contributed by atoms with Crippen LogP contribution in [0.3, 0.4) is 0 Å². The van der Waals surface area contributed by atoms with Crippen molar-refractivity contribution in [3.8, 4) is 22.8 Å². The van der Waals surface area contributed by atoms with Crippen LogP contribution in [0.2, 0.25) is 0 Å². The summed E-state index contributed by atoms with van der Waals surface area (Å²) in [5.74, 6) is -0.873. The van der Waals surface area contributed by atoms with Gasteiger partial charge in [-0.1, -0.05) is 0 Å². The number of esters is 1. The van der Waals surface area contributed by atoms with Gasteiger partial charge >= 0.3 is 12.1 Å². The van der Waals surface area contributed by atoms with Gasteiger partial charge in [-0.15, -0.1) is 0 Å². The number of ether oxygens (including phenoxy) is 2. The van der Waals surface area contributed by atoms with E-state index in [-0.39, 0.29) is 23.8 Å². The van der Waals surface area contributed by atoms with E-state index in [1.807, 2.05) is 0 Å². The number of halogens is 3. The summed E-state index contributed by atoms with van der Waals surface area (Å²) in [6.07, 6.45) is -1.39. The Morgan fingerprint density at radius 2 is 2.07 bits per heavy atom. The van der Waals surface area contributed by atoms with Gasteiger partial charge in [0.05, 0.1) is 17.8 Å². The van der Waals surface area contributed by atoms with Crippen molar-refractivity contribution in [2.75, 3.05) is 6.61 Å². The van der Waals surface area contributed by atoms with Crippen LogP contribution in [0.15, 0.2) is 55.0 Å². The van der Waals surface area contributed by atoms with E-state index in [4.69, 9.17) is 9.47 Å². The first-order valence-electron chi connectivity index (χ1n) is 8.91. The number of aromatic nitrogens is 3. The first-order chi connectivity index (χ1) is 14.2. The molecule has 0 radical (unpaired) electrons. The van der Waals surface area contributed by atoms with Gasteiger partial charge in [0.15, 0.2) is 17.6 Å². The Labute approximate surface area is 169 Å². The average molecular weight is 421 g/mol. The fourth-order valence-electron chi connectivity index (χ4n) is 2.54. The lowest BCUT2D eigenvalue weighted by Crippen LogP contribution is -2.27. The summed E-state index contributed by atoms with van der Waals surface area (Å²) in [5, 5.41) is 14.2. The van der Waals surface area contributed by atoms with E-state index < -0.39 is 23.8 Å². The van der Waals surface area contributed by atoms with Crippen molar-refractivity contribution in [2.24, 2.45) is 0 Å². The van der Waals surface area contributed by atoms with Gasteiger partial charge in [-0.05, 0) is 43.3 Å². The fourth-order valence-corrected chi connectivity index (χ4v) is 2.54. The zero-order valence-corrected chi connectivity index (χ0v) is 15.8. The van der Waals surface area contributed by atoms with Crippen LogP contribution in [0.4, 0.5) is 13.2 Å². The molecule has 0 amide bonds. The number of nitrogens with zero attached hydrogens (tertiary/aromatic N) is 3. The van der Waals surface area contributed by atoms with Crippen molar-refractivity contribution in [3.05, 3.63) is 60.6 Å². The van der Waals surface area contributed by atoms with Gasteiger partial charge < -0.3 is 14.6 Å². The molecule has 3 aromatic rings. The zero-order chi connectivity index (χ0) is 21.7. The molecule has 7 nitrogen and oxygen atoms in total. The summed E-state index contributed by atoms with van der Waals surface area (Å²) < 4.78 is 50.1. The molecule has 0 saturated carbocycles. The van der Waals surface area contributed by atoms with Crippen molar-refractivity contribution in [3.63, 3.8) is 0 Å². The minimum absolute atomic E-state index is 0.0298. The molecule has 0 spiro atoms. The van der Waals surface area contributed by atoms with Crippen LogP contribution in [0, 0.1) is 0 Å². The molecule has 30 heavy (non-hydrogen) atoms. The SMILES string of the molecule is CC(Oc1ccc(-c2ccc(C(F)(F)F)cn2)cc1O)C(=O)OCCn1cccn1. The molecule has 0 aliphatic carbocycles. The van der Waals surface area contributed by atoms with Crippen molar-refractivity contribution < 1.29 is 32.5 Å². The van der Waals surface area contributed by atoms with E-state index in [1.54, 1.807) is 23.1 Å². The lowest BCUT2D eigenvalue weighted by Gasteiger charge is -2.15. The predicted octanol–water partition coefficient (Wildman–Crippen LogP) is 3.68. The number of pyridine rings is 1. The molecule has 1 aromatic carbocycles. The number of phenolic OH excluding ortho intramolecular Hbond substituents is 1. The largest absolute Gasteiger partial charge is 0.504 e. The van der Waals surface area contributed by atoms with E-state index in [9.17, 15) is 23.1 Å². The van der Waals surface area contributed by atoms with Gasteiger partial charge in [0.2, 0.25) is 0 Å². The molecule has 1 unspecified atom stereocenters. The highest BCUT2D eigenvalue weighted by Gasteiger charge is 2.30. The fraction of sp³-hybridized carbons (Fsp3) is 0.250. The maximum absolute atomic E-state index is 12.6. The molecule has 3 rings (SSSR count). The second-order valence-electron chi connectivity index (χ2n) is 6.31. The van der Waals surface area contributed by atoms with Crippen LogP contribution in [0.1, 0.15) is 12.5 Å². The monoisotopic (exact) mass is 421 g/mol. The Hall–Kier alpha value is -3.56. The number of hydrogen-bond acceptors (Lipinski definition) is 6. The molecule has 0 fully saturated rings. The Morgan fingerprint density at radius 3 is 2.67 bits per heavy atom. The van der Waals surface area contributed by atoms with Crippen LogP contribution in [0.5, 0.6) is 11.5 Å². The summed E-state index contributed by atoms with van der Waals surface area (Å²) in [7, 11) is 0. The Balaban J connectivity index is 1.60.